The van der Waals surface area contributed by atoms with Crippen LogP contribution < -0.4 is 20.2 Å². The van der Waals surface area contributed by atoms with E-state index in [-0.39, 0.29) is 5.91 Å². The lowest BCUT2D eigenvalue weighted by atomic mass is 10.2. The Bertz CT molecular complexity index is 773. The van der Waals surface area contributed by atoms with Gasteiger partial charge in [-0.25, -0.2) is 5.43 Å². The highest BCUT2D eigenvalue weighted by Gasteiger charge is 2.11. The number of rotatable bonds is 9. The molecule has 0 aromatic heterocycles. The fraction of sp³-hybridized carbons (Fsp3) is 0.333. The minimum atomic E-state index is -0.413. The molecule has 0 unspecified atom stereocenters. The van der Waals surface area contributed by atoms with Crippen LogP contribution in [-0.4, -0.2) is 31.9 Å². The molecule has 2 N–H and O–H groups in total. The second-order valence-electron chi connectivity index (χ2n) is 6.23. The first-order chi connectivity index (χ1) is 13.0. The summed E-state index contributed by atoms with van der Waals surface area (Å²) in [7, 11) is 1.59. The third-order valence-corrected chi connectivity index (χ3v) is 3.87. The summed E-state index contributed by atoms with van der Waals surface area (Å²) in [5.41, 5.74) is 5.40. The average Bonchev–Trinajstić information content (AvgIpc) is 2.68. The lowest BCUT2D eigenvalue weighted by molar-refractivity contribution is -0.121. The van der Waals surface area contributed by atoms with Crippen LogP contribution in [0.15, 0.2) is 47.6 Å². The Morgan fingerprint density at radius 2 is 1.93 bits per heavy atom. The maximum absolute atomic E-state index is 12.2. The topological polar surface area (TPSA) is 72.0 Å². The number of nitrogens with one attached hydrogen (secondary N) is 2. The normalized spacial score (nSPS) is 11.9. The number of carbonyl (C=O) groups excluding carboxylic acids is 1. The van der Waals surface area contributed by atoms with E-state index in [0.717, 1.165) is 17.7 Å². The molecule has 1 amide bonds. The maximum Gasteiger partial charge on any atom is 0.262 e. The van der Waals surface area contributed by atoms with Crippen molar-refractivity contribution < 1.29 is 14.3 Å². The summed E-state index contributed by atoms with van der Waals surface area (Å²) in [4.78, 5) is 12.2. The fourth-order valence-electron chi connectivity index (χ4n) is 2.33. The molecule has 27 heavy (non-hydrogen) atoms. The van der Waals surface area contributed by atoms with Gasteiger partial charge in [0, 0.05) is 5.69 Å². The van der Waals surface area contributed by atoms with E-state index in [2.05, 4.69) is 15.8 Å². The summed E-state index contributed by atoms with van der Waals surface area (Å²) in [5, 5.41) is 7.16. The van der Waals surface area contributed by atoms with Crippen molar-refractivity contribution in [3.05, 3.63) is 53.6 Å². The molecule has 144 valence electrons. The van der Waals surface area contributed by atoms with Gasteiger partial charge in [-0.2, -0.15) is 5.10 Å². The third kappa shape index (κ3) is 6.33. The van der Waals surface area contributed by atoms with E-state index in [1.165, 1.54) is 5.56 Å². The van der Waals surface area contributed by atoms with Crippen molar-refractivity contribution in [1.29, 1.82) is 0 Å². The Hall–Kier alpha value is -3.02. The minimum absolute atomic E-state index is 0.221. The average molecular weight is 369 g/mol. The van der Waals surface area contributed by atoms with Crippen molar-refractivity contribution in [3.8, 4) is 11.5 Å². The molecule has 0 spiro atoms. The number of carbonyl (C=O) groups is 1. The number of anilines is 1. The van der Waals surface area contributed by atoms with Crippen molar-refractivity contribution in [3.63, 3.8) is 0 Å². The van der Waals surface area contributed by atoms with Crippen LogP contribution >= 0.6 is 0 Å². The van der Waals surface area contributed by atoms with E-state index in [0.29, 0.717) is 18.1 Å². The van der Waals surface area contributed by atoms with Crippen LogP contribution in [0.2, 0.25) is 0 Å². The van der Waals surface area contributed by atoms with Crippen LogP contribution in [0.1, 0.15) is 31.4 Å². The predicted octanol–water partition coefficient (Wildman–Crippen LogP) is 3.74. The molecule has 0 saturated heterocycles. The Kier molecular flexibility index (Phi) is 7.67. The molecule has 0 fully saturated rings. The molecule has 0 radical (unpaired) electrons. The third-order valence-electron chi connectivity index (χ3n) is 3.87. The molecule has 2 aromatic carbocycles. The molecule has 2 aromatic rings. The summed E-state index contributed by atoms with van der Waals surface area (Å²) < 4.78 is 11.0. The van der Waals surface area contributed by atoms with Crippen LogP contribution in [0.4, 0.5) is 5.69 Å². The molecular weight excluding hydrogens is 342 g/mol. The highest BCUT2D eigenvalue weighted by molar-refractivity contribution is 5.86. The van der Waals surface area contributed by atoms with Crippen LogP contribution in [0.25, 0.3) is 0 Å². The van der Waals surface area contributed by atoms with Crippen molar-refractivity contribution in [2.45, 2.75) is 33.2 Å². The van der Waals surface area contributed by atoms with Gasteiger partial charge in [-0.1, -0.05) is 24.6 Å². The Morgan fingerprint density at radius 1 is 1.19 bits per heavy atom. The van der Waals surface area contributed by atoms with E-state index in [1.807, 2.05) is 56.3 Å². The van der Waals surface area contributed by atoms with Gasteiger partial charge in [0.05, 0.1) is 19.9 Å². The molecular formula is C21H27N3O3. The molecule has 0 bridgehead atoms. The van der Waals surface area contributed by atoms with Crippen LogP contribution in [0, 0.1) is 6.92 Å². The summed E-state index contributed by atoms with van der Waals surface area (Å²) in [6.45, 7) is 6.48. The lowest BCUT2D eigenvalue weighted by Crippen LogP contribution is -2.34. The van der Waals surface area contributed by atoms with Gasteiger partial charge in [-0.05, 0) is 56.2 Å². The van der Waals surface area contributed by atoms with Gasteiger partial charge >= 0.3 is 0 Å². The summed E-state index contributed by atoms with van der Waals surface area (Å²) >= 11 is 0. The SMILES string of the molecule is CCCOc1ccc(/C=N\NC(=O)[C@@H](C)Nc2ccc(C)cc2)cc1OC. The summed E-state index contributed by atoms with van der Waals surface area (Å²) in [6.07, 6.45) is 2.50. The maximum atomic E-state index is 12.2. The van der Waals surface area contributed by atoms with Crippen molar-refractivity contribution in [2.75, 3.05) is 19.0 Å². The number of methoxy groups -OCH3 is 1. The monoisotopic (exact) mass is 369 g/mol. The zero-order valence-corrected chi connectivity index (χ0v) is 16.3. The van der Waals surface area contributed by atoms with E-state index in [9.17, 15) is 4.79 Å². The lowest BCUT2D eigenvalue weighted by Gasteiger charge is -2.13. The predicted molar refractivity (Wildman–Crippen MR) is 109 cm³/mol. The Labute approximate surface area is 160 Å². The Morgan fingerprint density at radius 3 is 2.59 bits per heavy atom. The number of hydrogen-bond acceptors (Lipinski definition) is 5. The van der Waals surface area contributed by atoms with Crippen LogP contribution in [0.5, 0.6) is 11.5 Å². The Balaban J connectivity index is 1.91. The van der Waals surface area contributed by atoms with Gasteiger partial charge in [-0.3, -0.25) is 4.79 Å². The number of ether oxygens (including phenoxy) is 2. The highest BCUT2D eigenvalue weighted by atomic mass is 16.5. The first-order valence-electron chi connectivity index (χ1n) is 9.00. The van der Waals surface area contributed by atoms with Gasteiger partial charge in [0.15, 0.2) is 11.5 Å². The number of benzene rings is 2. The van der Waals surface area contributed by atoms with E-state index in [1.54, 1.807) is 20.2 Å². The highest BCUT2D eigenvalue weighted by Crippen LogP contribution is 2.27. The van der Waals surface area contributed by atoms with Crippen LogP contribution in [0.3, 0.4) is 0 Å². The zero-order chi connectivity index (χ0) is 19.6. The molecule has 0 aliphatic carbocycles. The quantitative estimate of drug-likeness (QED) is 0.522. The first-order valence-corrected chi connectivity index (χ1v) is 9.00. The number of aryl methyl sites for hydroxylation is 1. The standard InChI is InChI=1S/C21H27N3O3/c1-5-12-27-19-11-8-17(13-20(19)26-4)14-22-24-21(25)16(3)23-18-9-6-15(2)7-10-18/h6-11,13-14,16,23H,5,12H2,1-4H3,(H,24,25)/b22-14-/t16-/m1/s1. The minimum Gasteiger partial charge on any atom is -0.493 e. The van der Waals surface area contributed by atoms with Gasteiger partial charge in [-0.15, -0.1) is 0 Å². The largest absolute Gasteiger partial charge is 0.493 e. The van der Waals surface area contributed by atoms with Crippen LogP contribution in [-0.2, 0) is 4.79 Å². The molecule has 0 saturated carbocycles. The summed E-state index contributed by atoms with van der Waals surface area (Å²) in [6, 6.07) is 13.0. The second-order valence-corrected chi connectivity index (χ2v) is 6.23. The molecule has 1 atom stereocenters. The fourth-order valence-corrected chi connectivity index (χ4v) is 2.33. The molecule has 0 aliphatic rings. The molecule has 6 heteroatoms. The number of amides is 1. The van der Waals surface area contributed by atoms with Crippen molar-refractivity contribution >= 4 is 17.8 Å². The zero-order valence-electron chi connectivity index (χ0n) is 16.3. The van der Waals surface area contributed by atoms with E-state index in [4.69, 9.17) is 9.47 Å². The summed E-state index contributed by atoms with van der Waals surface area (Å²) in [5.74, 6) is 1.10. The first kappa shape index (κ1) is 20.3. The van der Waals surface area contributed by atoms with E-state index < -0.39 is 6.04 Å². The van der Waals surface area contributed by atoms with E-state index >= 15 is 0 Å². The molecule has 2 rings (SSSR count). The number of hydrogen-bond donors (Lipinski definition) is 2. The molecule has 0 heterocycles. The van der Waals surface area contributed by atoms with Gasteiger partial charge in [0.2, 0.25) is 0 Å². The number of nitrogens with zero attached hydrogens (tertiary/aromatic N) is 1. The smallest absolute Gasteiger partial charge is 0.262 e. The van der Waals surface area contributed by atoms with Gasteiger partial charge in [0.1, 0.15) is 6.04 Å². The molecule has 0 aliphatic heterocycles. The number of hydrazone groups is 1. The van der Waals surface area contributed by atoms with Crippen molar-refractivity contribution in [2.24, 2.45) is 5.10 Å². The van der Waals surface area contributed by atoms with Crippen molar-refractivity contribution in [1.82, 2.24) is 5.43 Å². The van der Waals surface area contributed by atoms with Gasteiger partial charge < -0.3 is 14.8 Å². The van der Waals surface area contributed by atoms with Gasteiger partial charge in [0.25, 0.3) is 5.91 Å². The second kappa shape index (κ2) is 10.2. The molecule has 6 nitrogen and oxygen atoms in total.